The first-order valence-corrected chi connectivity index (χ1v) is 11.6. The van der Waals surface area contributed by atoms with Gasteiger partial charge in [0, 0.05) is 0 Å². The Hall–Kier alpha value is -0.136. The number of carbonyl (C=O) groups is 1. The van der Waals surface area contributed by atoms with Gasteiger partial charge in [-0.05, 0) is 18.6 Å². The number of carboxylic acid groups (broad SMARTS) is 1. The lowest BCUT2D eigenvalue weighted by Crippen LogP contribution is -2.55. The third-order valence-electron chi connectivity index (χ3n) is 3.36. The first-order chi connectivity index (χ1) is 6.26. The van der Waals surface area contributed by atoms with Crippen molar-refractivity contribution < 1.29 is 9.90 Å². The van der Waals surface area contributed by atoms with Crippen LogP contribution in [0.2, 0.25) is 38.3 Å². The van der Waals surface area contributed by atoms with Crippen LogP contribution in [0.5, 0.6) is 0 Å². The van der Waals surface area contributed by atoms with Gasteiger partial charge in [0.05, 0.1) is 6.42 Å². The van der Waals surface area contributed by atoms with Crippen LogP contribution in [0.4, 0.5) is 0 Å². The Morgan fingerprint density at radius 3 is 2.00 bits per heavy atom. The van der Waals surface area contributed by atoms with Crippen molar-refractivity contribution in [2.45, 2.75) is 44.7 Å². The highest BCUT2D eigenvalue weighted by Gasteiger charge is 2.46. The Morgan fingerprint density at radius 2 is 1.64 bits per heavy atom. The van der Waals surface area contributed by atoms with Crippen LogP contribution in [0, 0.1) is 0 Å². The van der Waals surface area contributed by atoms with Gasteiger partial charge in [-0.25, -0.2) is 0 Å². The zero-order chi connectivity index (χ0) is 11.0. The molecule has 0 aliphatic carbocycles. The minimum atomic E-state index is -1.24. The molecule has 0 unspecified atom stereocenters. The van der Waals surface area contributed by atoms with Crippen molar-refractivity contribution in [3.63, 3.8) is 0 Å². The van der Waals surface area contributed by atoms with Gasteiger partial charge in [-0.1, -0.05) is 26.2 Å². The number of aliphatic carboxylic acids is 1. The fraction of sp³-hybridized carbons (Fsp3) is 0.889. The molecule has 1 heterocycles. The van der Waals surface area contributed by atoms with Crippen LogP contribution in [-0.2, 0) is 4.79 Å². The van der Waals surface area contributed by atoms with Gasteiger partial charge in [-0.3, -0.25) is 4.79 Å². The molecule has 1 saturated heterocycles. The highest BCUT2D eigenvalue weighted by atomic mass is 28.4. The Balaban J connectivity index is 2.66. The second-order valence-corrected chi connectivity index (χ2v) is 15.2. The van der Waals surface area contributed by atoms with E-state index < -0.39 is 22.4 Å². The van der Waals surface area contributed by atoms with E-state index in [9.17, 15) is 4.79 Å². The number of hydrogen-bond acceptors (Lipinski definition) is 2. The molecule has 0 spiro atoms. The van der Waals surface area contributed by atoms with E-state index in [2.05, 4.69) is 30.4 Å². The van der Waals surface area contributed by atoms with Gasteiger partial charge in [0.15, 0.2) is 0 Å². The van der Waals surface area contributed by atoms with Gasteiger partial charge in [-0.2, -0.15) is 0 Å². The highest BCUT2D eigenvalue weighted by Crippen LogP contribution is 2.36. The quantitative estimate of drug-likeness (QED) is 0.757. The second-order valence-electron chi connectivity index (χ2n) is 5.42. The molecule has 1 rings (SSSR count). The molecular weight excluding hydrogens is 210 g/mol. The zero-order valence-corrected chi connectivity index (χ0v) is 11.6. The molecular formula is C9H21NO2Si2. The summed E-state index contributed by atoms with van der Waals surface area (Å²) in [6, 6.07) is 2.71. The van der Waals surface area contributed by atoms with Crippen molar-refractivity contribution in [1.82, 2.24) is 4.23 Å². The Kier molecular flexibility index (Phi) is 3.23. The molecule has 0 radical (unpaired) electrons. The lowest BCUT2D eigenvalue weighted by molar-refractivity contribution is -0.137. The van der Waals surface area contributed by atoms with E-state index in [4.69, 9.17) is 5.11 Å². The van der Waals surface area contributed by atoms with Gasteiger partial charge in [-0.15, -0.1) is 0 Å². The molecule has 5 heteroatoms. The van der Waals surface area contributed by atoms with Crippen molar-refractivity contribution in [2.75, 3.05) is 6.54 Å². The van der Waals surface area contributed by atoms with Crippen molar-refractivity contribution >= 4 is 22.4 Å². The maximum atomic E-state index is 10.6. The fourth-order valence-corrected chi connectivity index (χ4v) is 16.6. The molecule has 0 bridgehead atoms. The van der Waals surface area contributed by atoms with E-state index in [-0.39, 0.29) is 0 Å². The minimum Gasteiger partial charge on any atom is -0.481 e. The lowest BCUT2D eigenvalue weighted by Gasteiger charge is -2.38. The molecule has 0 atom stereocenters. The Morgan fingerprint density at radius 1 is 1.21 bits per heavy atom. The van der Waals surface area contributed by atoms with Crippen LogP contribution in [0.15, 0.2) is 0 Å². The summed E-state index contributed by atoms with van der Waals surface area (Å²) in [4.78, 5) is 10.6. The third kappa shape index (κ3) is 2.46. The Labute approximate surface area is 88.3 Å². The van der Waals surface area contributed by atoms with E-state index in [1.165, 1.54) is 12.1 Å². The normalized spacial score (nSPS) is 25.1. The molecule has 1 N–H and O–H groups in total. The smallest absolute Gasteiger partial charge is 0.304 e. The minimum absolute atomic E-state index is 0.312. The number of hydrogen-bond donors (Lipinski definition) is 1. The molecule has 1 aliphatic rings. The van der Waals surface area contributed by atoms with Crippen molar-refractivity contribution in [3.8, 4) is 0 Å². The SMILES string of the molecule is C[Si]1(C)CC[Si](C)(C)N1CCC(=O)O. The van der Waals surface area contributed by atoms with Gasteiger partial charge >= 0.3 is 5.97 Å². The monoisotopic (exact) mass is 231 g/mol. The van der Waals surface area contributed by atoms with Gasteiger partial charge < -0.3 is 9.34 Å². The predicted molar refractivity (Wildman–Crippen MR) is 63.5 cm³/mol. The average Bonchev–Trinajstić information content (AvgIpc) is 2.19. The summed E-state index contributed by atoms with van der Waals surface area (Å²) in [6.07, 6.45) is 0.312. The number of rotatable bonds is 3. The largest absolute Gasteiger partial charge is 0.481 e. The van der Waals surface area contributed by atoms with E-state index in [0.717, 1.165) is 6.54 Å². The molecule has 0 amide bonds. The van der Waals surface area contributed by atoms with Crippen LogP contribution >= 0.6 is 0 Å². The maximum Gasteiger partial charge on any atom is 0.304 e. The standard InChI is InChI=1S/C9H21NO2Si2/c1-13(2)7-8-14(3,4)10(13)6-5-9(11)12/h5-8H2,1-4H3,(H,11,12). The molecule has 0 aromatic rings. The summed E-state index contributed by atoms with van der Waals surface area (Å²) in [5, 5.41) is 8.72. The first-order valence-electron chi connectivity index (χ1n) is 5.25. The van der Waals surface area contributed by atoms with Crippen LogP contribution in [0.3, 0.4) is 0 Å². The molecule has 1 aliphatic heterocycles. The summed E-state index contributed by atoms with van der Waals surface area (Å²) in [5.74, 6) is -0.661. The van der Waals surface area contributed by atoms with E-state index in [1.54, 1.807) is 0 Å². The van der Waals surface area contributed by atoms with Gasteiger partial charge in [0.25, 0.3) is 0 Å². The summed E-state index contributed by atoms with van der Waals surface area (Å²) in [7, 11) is -2.48. The second kappa shape index (κ2) is 3.79. The van der Waals surface area contributed by atoms with E-state index in [0.29, 0.717) is 6.42 Å². The molecule has 3 nitrogen and oxygen atoms in total. The van der Waals surface area contributed by atoms with Crippen LogP contribution in [0.25, 0.3) is 0 Å². The topological polar surface area (TPSA) is 40.5 Å². The van der Waals surface area contributed by atoms with Crippen molar-refractivity contribution in [1.29, 1.82) is 0 Å². The van der Waals surface area contributed by atoms with Gasteiger partial charge in [0.2, 0.25) is 0 Å². The zero-order valence-electron chi connectivity index (χ0n) is 9.63. The van der Waals surface area contributed by atoms with E-state index in [1.807, 2.05) is 0 Å². The summed E-state index contributed by atoms with van der Waals surface area (Å²) < 4.78 is 2.61. The fourth-order valence-electron chi connectivity index (χ4n) is 2.51. The van der Waals surface area contributed by atoms with Crippen LogP contribution in [0.1, 0.15) is 6.42 Å². The van der Waals surface area contributed by atoms with Crippen molar-refractivity contribution in [2.24, 2.45) is 0 Å². The number of nitrogens with zero attached hydrogens (tertiary/aromatic N) is 1. The van der Waals surface area contributed by atoms with Crippen LogP contribution in [-0.4, -0.2) is 38.3 Å². The molecule has 0 aromatic heterocycles. The maximum absolute atomic E-state index is 10.6. The predicted octanol–water partition coefficient (Wildman–Crippen LogP) is 2.19. The summed E-state index contributed by atoms with van der Waals surface area (Å²) in [6.45, 7) is 10.3. The highest BCUT2D eigenvalue weighted by molar-refractivity contribution is 6.95. The molecule has 0 saturated carbocycles. The van der Waals surface area contributed by atoms with Crippen molar-refractivity contribution in [3.05, 3.63) is 0 Å². The average molecular weight is 231 g/mol. The molecule has 82 valence electrons. The van der Waals surface area contributed by atoms with Gasteiger partial charge in [0.1, 0.15) is 16.5 Å². The molecule has 1 fully saturated rings. The summed E-state index contributed by atoms with van der Waals surface area (Å²) >= 11 is 0. The summed E-state index contributed by atoms with van der Waals surface area (Å²) in [5.41, 5.74) is 0. The third-order valence-corrected chi connectivity index (χ3v) is 13.8. The lowest BCUT2D eigenvalue weighted by atomic mass is 10.5. The first kappa shape index (κ1) is 11.9. The Bertz CT molecular complexity index is 225. The molecule has 0 aromatic carbocycles. The number of carboxylic acids is 1. The van der Waals surface area contributed by atoms with E-state index >= 15 is 0 Å². The van der Waals surface area contributed by atoms with Crippen LogP contribution < -0.4 is 0 Å². The molecule has 14 heavy (non-hydrogen) atoms.